The van der Waals surface area contributed by atoms with Crippen LogP contribution in [0.4, 0.5) is 4.39 Å². The Labute approximate surface area is 106 Å². The standard InChI is InChI=1S/C12H12FNO2.C2H6/c1-7-3-4-9-8(6-15)5-10(16-2)14-12(9)11(7)13;1-2/h3-5,15H,6H2,1-2H3;1-2H3. The van der Waals surface area contributed by atoms with Crippen molar-refractivity contribution in [2.75, 3.05) is 7.11 Å². The van der Waals surface area contributed by atoms with Crippen LogP contribution in [0.15, 0.2) is 18.2 Å². The highest BCUT2D eigenvalue weighted by Gasteiger charge is 2.11. The topological polar surface area (TPSA) is 42.4 Å². The highest BCUT2D eigenvalue weighted by molar-refractivity contribution is 5.84. The maximum atomic E-state index is 13.8. The molecule has 0 fully saturated rings. The van der Waals surface area contributed by atoms with Gasteiger partial charge in [0.15, 0.2) is 5.82 Å². The molecular formula is C14H18FNO2. The summed E-state index contributed by atoms with van der Waals surface area (Å²) in [5, 5.41) is 9.83. The van der Waals surface area contributed by atoms with Gasteiger partial charge in [-0.3, -0.25) is 0 Å². The highest BCUT2D eigenvalue weighted by atomic mass is 19.1. The van der Waals surface area contributed by atoms with Crippen LogP contribution in [0.2, 0.25) is 0 Å². The van der Waals surface area contributed by atoms with E-state index >= 15 is 0 Å². The number of hydrogen-bond acceptors (Lipinski definition) is 3. The molecule has 2 aromatic rings. The predicted octanol–water partition coefficient (Wildman–Crippen LogP) is 3.21. The first-order valence-corrected chi connectivity index (χ1v) is 5.91. The molecule has 0 spiro atoms. The van der Waals surface area contributed by atoms with Gasteiger partial charge in [0.05, 0.1) is 13.7 Å². The minimum atomic E-state index is -0.369. The summed E-state index contributed by atoms with van der Waals surface area (Å²) < 4.78 is 18.8. The molecule has 0 saturated heterocycles. The Hall–Kier alpha value is -1.68. The lowest BCUT2D eigenvalue weighted by atomic mass is 10.1. The SMILES string of the molecule is CC.COc1cc(CO)c2ccc(C)c(F)c2n1. The number of nitrogens with zero attached hydrogens (tertiary/aromatic N) is 1. The van der Waals surface area contributed by atoms with E-state index in [9.17, 15) is 9.50 Å². The Bertz CT molecular complexity index is 541. The zero-order valence-electron chi connectivity index (χ0n) is 11.1. The van der Waals surface area contributed by atoms with Crippen LogP contribution in [-0.2, 0) is 6.61 Å². The first-order valence-electron chi connectivity index (χ1n) is 5.91. The van der Waals surface area contributed by atoms with Crippen LogP contribution in [0.25, 0.3) is 10.9 Å². The summed E-state index contributed by atoms with van der Waals surface area (Å²) in [5.41, 5.74) is 1.38. The molecule has 0 radical (unpaired) electrons. The molecule has 18 heavy (non-hydrogen) atoms. The quantitative estimate of drug-likeness (QED) is 0.891. The van der Waals surface area contributed by atoms with Crippen molar-refractivity contribution in [2.24, 2.45) is 0 Å². The van der Waals surface area contributed by atoms with Gasteiger partial charge in [-0.1, -0.05) is 26.0 Å². The van der Waals surface area contributed by atoms with Crippen LogP contribution in [0.5, 0.6) is 5.88 Å². The zero-order chi connectivity index (χ0) is 13.7. The van der Waals surface area contributed by atoms with E-state index in [0.717, 1.165) is 0 Å². The number of aryl methyl sites for hydroxylation is 1. The fraction of sp³-hybridized carbons (Fsp3) is 0.357. The molecular weight excluding hydrogens is 233 g/mol. The summed E-state index contributed by atoms with van der Waals surface area (Å²) in [6.45, 7) is 5.51. The minimum Gasteiger partial charge on any atom is -0.481 e. The number of halogens is 1. The number of fused-ring (bicyclic) bond motifs is 1. The molecule has 0 saturated carbocycles. The van der Waals surface area contributed by atoms with Gasteiger partial charge >= 0.3 is 0 Å². The average molecular weight is 251 g/mol. The summed E-state index contributed by atoms with van der Waals surface area (Å²) in [7, 11) is 1.46. The van der Waals surface area contributed by atoms with Gasteiger partial charge in [0.2, 0.25) is 5.88 Å². The molecule has 4 heteroatoms. The molecule has 0 aliphatic heterocycles. The molecule has 2 rings (SSSR count). The van der Waals surface area contributed by atoms with Crippen LogP contribution < -0.4 is 4.74 Å². The number of aliphatic hydroxyl groups excluding tert-OH is 1. The smallest absolute Gasteiger partial charge is 0.213 e. The van der Waals surface area contributed by atoms with E-state index in [4.69, 9.17) is 4.74 Å². The van der Waals surface area contributed by atoms with Gasteiger partial charge in [0.1, 0.15) is 5.52 Å². The van der Waals surface area contributed by atoms with Crippen LogP contribution in [0.3, 0.4) is 0 Å². The molecule has 1 aromatic heterocycles. The Morgan fingerprint density at radius 2 is 2.00 bits per heavy atom. The molecule has 1 heterocycles. The maximum Gasteiger partial charge on any atom is 0.213 e. The van der Waals surface area contributed by atoms with Gasteiger partial charge in [0.25, 0.3) is 0 Å². The minimum absolute atomic E-state index is 0.169. The fourth-order valence-electron chi connectivity index (χ4n) is 1.64. The Balaban J connectivity index is 0.000000771. The van der Waals surface area contributed by atoms with E-state index < -0.39 is 0 Å². The van der Waals surface area contributed by atoms with E-state index in [1.807, 2.05) is 13.8 Å². The second-order valence-corrected chi connectivity index (χ2v) is 3.57. The van der Waals surface area contributed by atoms with Crippen molar-refractivity contribution in [1.29, 1.82) is 0 Å². The van der Waals surface area contributed by atoms with Crippen LogP contribution in [-0.4, -0.2) is 17.2 Å². The van der Waals surface area contributed by atoms with E-state index in [1.54, 1.807) is 25.1 Å². The molecule has 1 N–H and O–H groups in total. The van der Waals surface area contributed by atoms with Crippen molar-refractivity contribution in [3.63, 3.8) is 0 Å². The molecule has 1 aromatic carbocycles. The van der Waals surface area contributed by atoms with Crippen LogP contribution in [0, 0.1) is 12.7 Å². The second kappa shape index (κ2) is 6.31. The largest absolute Gasteiger partial charge is 0.481 e. The summed E-state index contributed by atoms with van der Waals surface area (Å²) in [6.07, 6.45) is 0. The molecule has 0 aliphatic carbocycles. The van der Waals surface area contributed by atoms with E-state index in [0.29, 0.717) is 22.4 Å². The average Bonchev–Trinajstić information content (AvgIpc) is 2.44. The molecule has 0 aliphatic rings. The highest BCUT2D eigenvalue weighted by Crippen LogP contribution is 2.25. The number of rotatable bonds is 2. The van der Waals surface area contributed by atoms with Gasteiger partial charge in [-0.15, -0.1) is 0 Å². The summed E-state index contributed by atoms with van der Waals surface area (Å²) >= 11 is 0. The molecule has 3 nitrogen and oxygen atoms in total. The van der Waals surface area contributed by atoms with Crippen molar-refractivity contribution >= 4 is 10.9 Å². The first kappa shape index (κ1) is 14.4. The number of methoxy groups -OCH3 is 1. The van der Waals surface area contributed by atoms with Gasteiger partial charge < -0.3 is 9.84 Å². The lowest BCUT2D eigenvalue weighted by Crippen LogP contribution is -1.97. The second-order valence-electron chi connectivity index (χ2n) is 3.57. The van der Waals surface area contributed by atoms with Crippen LogP contribution in [0.1, 0.15) is 25.0 Å². The van der Waals surface area contributed by atoms with E-state index in [-0.39, 0.29) is 17.9 Å². The number of hydrogen-bond donors (Lipinski definition) is 1. The molecule has 0 unspecified atom stereocenters. The Morgan fingerprint density at radius 1 is 1.33 bits per heavy atom. The number of pyridine rings is 1. The monoisotopic (exact) mass is 251 g/mol. The third-order valence-corrected chi connectivity index (χ3v) is 2.55. The number of aliphatic hydroxyl groups is 1. The summed E-state index contributed by atoms with van der Waals surface area (Å²) in [6, 6.07) is 5.04. The Morgan fingerprint density at radius 3 is 2.56 bits per heavy atom. The number of aromatic nitrogens is 1. The van der Waals surface area contributed by atoms with Gasteiger partial charge in [-0.2, -0.15) is 0 Å². The zero-order valence-corrected chi connectivity index (χ0v) is 11.1. The van der Waals surface area contributed by atoms with Gasteiger partial charge in [0, 0.05) is 11.5 Å². The van der Waals surface area contributed by atoms with Crippen molar-refractivity contribution in [1.82, 2.24) is 4.98 Å². The van der Waals surface area contributed by atoms with E-state index in [2.05, 4.69) is 4.98 Å². The fourth-order valence-corrected chi connectivity index (χ4v) is 1.64. The number of benzene rings is 1. The molecule has 0 bridgehead atoms. The molecule has 0 atom stereocenters. The van der Waals surface area contributed by atoms with Crippen molar-refractivity contribution in [3.8, 4) is 5.88 Å². The van der Waals surface area contributed by atoms with Crippen molar-refractivity contribution < 1.29 is 14.2 Å². The van der Waals surface area contributed by atoms with Gasteiger partial charge in [-0.05, 0) is 18.1 Å². The lowest BCUT2D eigenvalue weighted by molar-refractivity contribution is 0.282. The van der Waals surface area contributed by atoms with Gasteiger partial charge in [-0.25, -0.2) is 9.37 Å². The predicted molar refractivity (Wildman–Crippen MR) is 70.3 cm³/mol. The molecule has 0 amide bonds. The van der Waals surface area contributed by atoms with Crippen molar-refractivity contribution in [2.45, 2.75) is 27.4 Å². The summed E-state index contributed by atoms with van der Waals surface area (Å²) in [5.74, 6) is -0.0628. The third-order valence-electron chi connectivity index (χ3n) is 2.55. The summed E-state index contributed by atoms with van der Waals surface area (Å²) in [4.78, 5) is 4.05. The molecule has 98 valence electrons. The first-order chi connectivity index (χ1) is 8.67. The maximum absolute atomic E-state index is 13.8. The van der Waals surface area contributed by atoms with E-state index in [1.165, 1.54) is 7.11 Å². The Kier molecular flexibility index (Phi) is 5.04. The third kappa shape index (κ3) is 2.59. The lowest BCUT2D eigenvalue weighted by Gasteiger charge is -2.08. The number of ether oxygens (including phenoxy) is 1. The van der Waals surface area contributed by atoms with Crippen LogP contribution >= 0.6 is 0 Å². The van der Waals surface area contributed by atoms with Crippen molar-refractivity contribution in [3.05, 3.63) is 35.1 Å². The normalized spacial score (nSPS) is 9.89.